The number of nitrogens with zero attached hydrogens (tertiary/aromatic N) is 1. The van der Waals surface area contributed by atoms with E-state index in [1.165, 1.54) is 51.6 Å². The second kappa shape index (κ2) is 6.91. The number of hydrogen-bond acceptors (Lipinski definition) is 2. The molecular formula is C16H32N2. The maximum atomic E-state index is 3.68. The molecule has 0 amide bonds. The van der Waals surface area contributed by atoms with Gasteiger partial charge in [0.25, 0.3) is 0 Å². The normalized spacial score (nSPS) is 28.3. The molecule has 2 nitrogen and oxygen atoms in total. The van der Waals surface area contributed by atoms with Crippen LogP contribution in [0.4, 0.5) is 0 Å². The summed E-state index contributed by atoms with van der Waals surface area (Å²) < 4.78 is 0. The van der Waals surface area contributed by atoms with Gasteiger partial charge in [0, 0.05) is 18.6 Å². The van der Waals surface area contributed by atoms with Gasteiger partial charge in [0.2, 0.25) is 0 Å². The van der Waals surface area contributed by atoms with Gasteiger partial charge < -0.3 is 5.32 Å². The lowest BCUT2D eigenvalue weighted by molar-refractivity contribution is 0.160. The van der Waals surface area contributed by atoms with E-state index in [4.69, 9.17) is 0 Å². The Morgan fingerprint density at radius 2 is 1.83 bits per heavy atom. The topological polar surface area (TPSA) is 15.3 Å². The fourth-order valence-corrected chi connectivity index (χ4v) is 3.98. The minimum absolute atomic E-state index is 0.678. The van der Waals surface area contributed by atoms with Crippen molar-refractivity contribution in [2.24, 2.45) is 11.8 Å². The molecule has 0 bridgehead atoms. The molecule has 0 radical (unpaired) electrons. The van der Waals surface area contributed by atoms with Crippen LogP contribution in [0, 0.1) is 11.8 Å². The van der Waals surface area contributed by atoms with E-state index < -0.39 is 0 Å². The van der Waals surface area contributed by atoms with Crippen LogP contribution in [0.3, 0.4) is 0 Å². The molecule has 1 saturated heterocycles. The summed E-state index contributed by atoms with van der Waals surface area (Å²) in [6.07, 6.45) is 8.84. The predicted octanol–water partition coefficient (Wildman–Crippen LogP) is 3.28. The molecule has 1 aliphatic carbocycles. The minimum atomic E-state index is 0.678. The summed E-state index contributed by atoms with van der Waals surface area (Å²) >= 11 is 0. The van der Waals surface area contributed by atoms with Crippen LogP contribution in [0.2, 0.25) is 0 Å². The first-order valence-corrected chi connectivity index (χ1v) is 8.19. The Balaban J connectivity index is 1.89. The Morgan fingerprint density at radius 3 is 2.44 bits per heavy atom. The quantitative estimate of drug-likeness (QED) is 0.780. The first kappa shape index (κ1) is 14.3. The first-order valence-electron chi connectivity index (χ1n) is 8.19. The molecule has 18 heavy (non-hydrogen) atoms. The van der Waals surface area contributed by atoms with Crippen molar-refractivity contribution < 1.29 is 0 Å². The standard InChI is InChI=1S/C16H32N2/c1-4-17-15(13(2)3)12-18-11-7-10-16(18)14-8-5-6-9-14/h13-17H,4-12H2,1-3H3. The average molecular weight is 252 g/mol. The van der Waals surface area contributed by atoms with Gasteiger partial charge in [0.05, 0.1) is 0 Å². The Hall–Kier alpha value is -0.0800. The summed E-state index contributed by atoms with van der Waals surface area (Å²) in [6.45, 7) is 10.7. The number of rotatable bonds is 6. The first-order chi connectivity index (χ1) is 8.72. The van der Waals surface area contributed by atoms with Gasteiger partial charge >= 0.3 is 0 Å². The average Bonchev–Trinajstić information content (AvgIpc) is 2.97. The third kappa shape index (κ3) is 3.48. The molecule has 2 rings (SSSR count). The van der Waals surface area contributed by atoms with Gasteiger partial charge in [-0.25, -0.2) is 0 Å². The molecule has 2 fully saturated rings. The van der Waals surface area contributed by atoms with Crippen LogP contribution < -0.4 is 5.32 Å². The lowest BCUT2D eigenvalue weighted by Gasteiger charge is -2.34. The molecule has 0 aromatic heterocycles. The molecule has 1 heterocycles. The molecule has 1 saturated carbocycles. The highest BCUT2D eigenvalue weighted by atomic mass is 15.2. The van der Waals surface area contributed by atoms with Crippen molar-refractivity contribution in [2.45, 2.75) is 71.4 Å². The fourth-order valence-electron chi connectivity index (χ4n) is 3.98. The van der Waals surface area contributed by atoms with Crippen LogP contribution in [0.15, 0.2) is 0 Å². The molecule has 106 valence electrons. The zero-order chi connectivity index (χ0) is 13.0. The summed E-state index contributed by atoms with van der Waals surface area (Å²) in [5.74, 6) is 1.76. The second-order valence-corrected chi connectivity index (χ2v) is 6.66. The smallest absolute Gasteiger partial charge is 0.0217 e. The van der Waals surface area contributed by atoms with Crippen molar-refractivity contribution in [1.82, 2.24) is 10.2 Å². The van der Waals surface area contributed by atoms with Gasteiger partial charge in [-0.2, -0.15) is 0 Å². The maximum Gasteiger partial charge on any atom is 0.0217 e. The highest BCUT2D eigenvalue weighted by Crippen LogP contribution is 2.35. The van der Waals surface area contributed by atoms with Crippen LogP contribution in [0.5, 0.6) is 0 Å². The fraction of sp³-hybridized carbons (Fsp3) is 1.00. The Labute approximate surface area is 114 Å². The van der Waals surface area contributed by atoms with Crippen LogP contribution >= 0.6 is 0 Å². The number of likely N-dealkylation sites (tertiary alicyclic amines) is 1. The summed E-state index contributed by atoms with van der Waals surface area (Å²) in [4.78, 5) is 2.81. The highest BCUT2D eigenvalue weighted by molar-refractivity contribution is 4.89. The SMILES string of the molecule is CCNC(CN1CCCC1C1CCCC1)C(C)C. The highest BCUT2D eigenvalue weighted by Gasteiger charge is 2.34. The molecular weight excluding hydrogens is 220 g/mol. The van der Waals surface area contributed by atoms with Crippen LogP contribution in [0.25, 0.3) is 0 Å². The van der Waals surface area contributed by atoms with E-state index in [0.29, 0.717) is 6.04 Å². The summed E-state index contributed by atoms with van der Waals surface area (Å²) in [5, 5.41) is 3.68. The van der Waals surface area contributed by atoms with Gasteiger partial charge in [-0.1, -0.05) is 33.6 Å². The van der Waals surface area contributed by atoms with Crippen LogP contribution in [0.1, 0.15) is 59.3 Å². The predicted molar refractivity (Wildman–Crippen MR) is 78.9 cm³/mol. The van der Waals surface area contributed by atoms with Gasteiger partial charge in [0.15, 0.2) is 0 Å². The van der Waals surface area contributed by atoms with E-state index in [0.717, 1.165) is 24.4 Å². The van der Waals surface area contributed by atoms with Crippen LogP contribution in [-0.4, -0.2) is 36.6 Å². The Bertz CT molecular complexity index is 233. The van der Waals surface area contributed by atoms with E-state index in [1.54, 1.807) is 0 Å². The third-order valence-corrected chi connectivity index (χ3v) is 5.06. The Morgan fingerprint density at radius 1 is 1.11 bits per heavy atom. The third-order valence-electron chi connectivity index (χ3n) is 5.06. The van der Waals surface area contributed by atoms with Gasteiger partial charge in [0.1, 0.15) is 0 Å². The number of hydrogen-bond donors (Lipinski definition) is 1. The zero-order valence-corrected chi connectivity index (χ0v) is 12.6. The molecule has 0 aromatic carbocycles. The van der Waals surface area contributed by atoms with Gasteiger partial charge in [-0.05, 0) is 50.6 Å². The minimum Gasteiger partial charge on any atom is -0.313 e. The monoisotopic (exact) mass is 252 g/mol. The van der Waals surface area contributed by atoms with Gasteiger partial charge in [-0.15, -0.1) is 0 Å². The lowest BCUT2D eigenvalue weighted by Crippen LogP contribution is -2.47. The molecule has 1 N–H and O–H groups in total. The van der Waals surface area contributed by atoms with Crippen LogP contribution in [-0.2, 0) is 0 Å². The molecule has 1 aliphatic heterocycles. The van der Waals surface area contributed by atoms with Gasteiger partial charge in [-0.3, -0.25) is 4.90 Å². The van der Waals surface area contributed by atoms with E-state index in [1.807, 2.05) is 0 Å². The molecule has 2 heteroatoms. The second-order valence-electron chi connectivity index (χ2n) is 6.66. The summed E-state index contributed by atoms with van der Waals surface area (Å²) in [6, 6.07) is 1.59. The summed E-state index contributed by atoms with van der Waals surface area (Å²) in [7, 11) is 0. The molecule has 2 unspecified atom stereocenters. The maximum absolute atomic E-state index is 3.68. The molecule has 0 spiro atoms. The van der Waals surface area contributed by atoms with Crippen molar-refractivity contribution in [2.75, 3.05) is 19.6 Å². The van der Waals surface area contributed by atoms with Crippen molar-refractivity contribution >= 4 is 0 Å². The Kier molecular flexibility index (Phi) is 5.50. The van der Waals surface area contributed by atoms with E-state index in [9.17, 15) is 0 Å². The van der Waals surface area contributed by atoms with Crippen molar-refractivity contribution in [3.05, 3.63) is 0 Å². The zero-order valence-electron chi connectivity index (χ0n) is 12.6. The van der Waals surface area contributed by atoms with Crippen molar-refractivity contribution in [3.8, 4) is 0 Å². The lowest BCUT2D eigenvalue weighted by atomic mass is 9.95. The molecule has 0 aromatic rings. The molecule has 2 atom stereocenters. The van der Waals surface area contributed by atoms with Crippen molar-refractivity contribution in [1.29, 1.82) is 0 Å². The molecule has 2 aliphatic rings. The van der Waals surface area contributed by atoms with E-state index in [-0.39, 0.29) is 0 Å². The number of nitrogens with one attached hydrogen (secondary N) is 1. The van der Waals surface area contributed by atoms with E-state index >= 15 is 0 Å². The van der Waals surface area contributed by atoms with Crippen molar-refractivity contribution in [3.63, 3.8) is 0 Å². The summed E-state index contributed by atoms with van der Waals surface area (Å²) in [5.41, 5.74) is 0. The largest absolute Gasteiger partial charge is 0.313 e. The number of likely N-dealkylation sites (N-methyl/N-ethyl adjacent to an activating group) is 1. The van der Waals surface area contributed by atoms with E-state index in [2.05, 4.69) is 31.0 Å².